The molecule has 1 saturated heterocycles. The number of aromatic nitrogens is 2. The van der Waals surface area contributed by atoms with Gasteiger partial charge in [0.15, 0.2) is 0 Å². The first-order chi connectivity index (χ1) is 9.25. The van der Waals surface area contributed by atoms with Gasteiger partial charge in [0.1, 0.15) is 5.82 Å². The summed E-state index contributed by atoms with van der Waals surface area (Å²) in [5.41, 5.74) is 1.86. The molecule has 1 aromatic heterocycles. The molecule has 0 aliphatic carbocycles. The van der Waals surface area contributed by atoms with E-state index in [2.05, 4.69) is 19.9 Å². The lowest BCUT2D eigenvalue weighted by Gasteiger charge is -2.29. The summed E-state index contributed by atoms with van der Waals surface area (Å²) in [6.45, 7) is 1.67. The fourth-order valence-electron chi connectivity index (χ4n) is 1.32. The first kappa shape index (κ1) is 14.3. The normalized spacial score (nSPS) is 18.4. The summed E-state index contributed by atoms with van der Waals surface area (Å²) >= 11 is 0.995. The van der Waals surface area contributed by atoms with Crippen molar-refractivity contribution in [2.24, 2.45) is 5.10 Å². The van der Waals surface area contributed by atoms with E-state index in [0.717, 1.165) is 25.6 Å². The minimum Gasteiger partial charge on any atom is -0.266 e. The Morgan fingerprint density at radius 2 is 1.75 bits per heavy atom. The van der Waals surface area contributed by atoms with Gasteiger partial charge < -0.3 is 0 Å². The number of carbonyl (C=O) groups excluding carboxylic acids is 2. The van der Waals surface area contributed by atoms with E-state index >= 15 is 0 Å². The Kier molecular flexibility index (Phi) is 3.43. The van der Waals surface area contributed by atoms with E-state index in [9.17, 15) is 18.0 Å². The number of rotatable bonds is 2. The molecule has 108 valence electrons. The highest BCUT2D eigenvalue weighted by Crippen LogP contribution is 2.15. The molecule has 1 aromatic rings. The summed E-state index contributed by atoms with van der Waals surface area (Å²) in [5.74, 6) is -1.51. The van der Waals surface area contributed by atoms with Crippen molar-refractivity contribution < 1.29 is 18.0 Å². The van der Waals surface area contributed by atoms with E-state index in [0.29, 0.717) is 14.4 Å². The summed E-state index contributed by atoms with van der Waals surface area (Å²) in [4.78, 5) is 27.6. The topological polar surface area (TPSA) is 125 Å². The van der Waals surface area contributed by atoms with Gasteiger partial charge in [-0.3, -0.25) is 15.0 Å². The highest BCUT2D eigenvalue weighted by Gasteiger charge is 2.44. The fraction of sp³-hybridized carbons (Fsp3) is 0.375. The molecule has 12 heteroatoms. The van der Waals surface area contributed by atoms with Gasteiger partial charge >= 0.3 is 10.2 Å². The largest absolute Gasteiger partial charge is 0.330 e. The molecule has 0 radical (unpaired) electrons. The van der Waals surface area contributed by atoms with E-state index in [1.165, 1.54) is 0 Å². The van der Waals surface area contributed by atoms with Gasteiger partial charge in [0.2, 0.25) is 10.8 Å². The van der Waals surface area contributed by atoms with Crippen molar-refractivity contribution in [3.8, 4) is 0 Å². The summed E-state index contributed by atoms with van der Waals surface area (Å²) < 4.78 is 28.1. The van der Waals surface area contributed by atoms with Gasteiger partial charge in [0, 0.05) is 25.6 Å². The van der Waals surface area contributed by atoms with Crippen molar-refractivity contribution in [2.75, 3.05) is 19.5 Å². The first-order valence-corrected chi connectivity index (χ1v) is 7.37. The Bertz CT molecular complexity index is 678. The lowest BCUT2D eigenvalue weighted by molar-refractivity contribution is -0.125. The number of aryl methyl sites for hydroxylation is 1. The molecule has 0 aromatic carbocycles. The van der Waals surface area contributed by atoms with Gasteiger partial charge in [-0.15, -0.1) is 0 Å². The molecule has 0 atom stereocenters. The first-order valence-electron chi connectivity index (χ1n) is 5.20. The molecule has 20 heavy (non-hydrogen) atoms. The number of carbonyl (C=O) groups is 2. The number of hydrogen-bond acceptors (Lipinski definition) is 9. The minimum absolute atomic E-state index is 0.286. The van der Waals surface area contributed by atoms with Crippen LogP contribution in [-0.4, -0.2) is 58.0 Å². The van der Waals surface area contributed by atoms with Crippen LogP contribution in [0.5, 0.6) is 0 Å². The molecule has 0 saturated carbocycles. The third-order valence-electron chi connectivity index (χ3n) is 2.46. The van der Waals surface area contributed by atoms with E-state index in [1.54, 1.807) is 6.92 Å². The molecule has 2 amide bonds. The van der Waals surface area contributed by atoms with Crippen molar-refractivity contribution >= 4 is 44.4 Å². The number of anilines is 1. The molecular formula is C8H10N6O4S2. The van der Waals surface area contributed by atoms with Crippen LogP contribution in [0.2, 0.25) is 0 Å². The average Bonchev–Trinajstić information content (AvgIpc) is 2.80. The standard InChI is InChI=1S/C8H10N6O4S2/c1-4-9-8(19-12-4)11-10-5-6(15)13(2)20(17,18)14(3)7(5)16/h1-3H3,(H,9,11,12). The maximum Gasteiger partial charge on any atom is 0.330 e. The second kappa shape index (κ2) is 4.79. The molecular weight excluding hydrogens is 308 g/mol. The Balaban J connectivity index is 2.32. The van der Waals surface area contributed by atoms with Crippen LogP contribution in [0.4, 0.5) is 5.13 Å². The summed E-state index contributed by atoms with van der Waals surface area (Å²) in [6, 6.07) is 0. The third-order valence-corrected chi connectivity index (χ3v) is 4.89. The summed E-state index contributed by atoms with van der Waals surface area (Å²) in [7, 11) is -2.02. The van der Waals surface area contributed by atoms with Gasteiger partial charge in [-0.1, -0.05) is 0 Å². The second-order valence-corrected chi connectivity index (χ2v) is 6.51. The van der Waals surface area contributed by atoms with Crippen LogP contribution in [0.3, 0.4) is 0 Å². The van der Waals surface area contributed by atoms with Gasteiger partial charge in [0.25, 0.3) is 11.8 Å². The predicted molar refractivity (Wildman–Crippen MR) is 70.2 cm³/mol. The predicted octanol–water partition coefficient (Wildman–Crippen LogP) is -1.21. The van der Waals surface area contributed by atoms with Gasteiger partial charge in [-0.2, -0.15) is 17.9 Å². The van der Waals surface area contributed by atoms with Crippen LogP contribution in [-0.2, 0) is 19.8 Å². The van der Waals surface area contributed by atoms with E-state index in [4.69, 9.17) is 0 Å². The molecule has 2 rings (SSSR count). The highest BCUT2D eigenvalue weighted by atomic mass is 32.2. The second-order valence-electron chi connectivity index (χ2n) is 3.77. The number of hydrazone groups is 1. The van der Waals surface area contributed by atoms with Gasteiger partial charge in [0.05, 0.1) is 0 Å². The lowest BCUT2D eigenvalue weighted by atomic mass is 10.3. The maximum absolute atomic E-state index is 11.8. The van der Waals surface area contributed by atoms with Crippen LogP contribution in [0.1, 0.15) is 5.82 Å². The molecule has 0 bridgehead atoms. The van der Waals surface area contributed by atoms with Crippen molar-refractivity contribution in [3.05, 3.63) is 5.82 Å². The average molecular weight is 318 g/mol. The van der Waals surface area contributed by atoms with Crippen molar-refractivity contribution in [1.29, 1.82) is 0 Å². The Labute approximate surface area is 118 Å². The minimum atomic E-state index is -4.12. The molecule has 2 heterocycles. The zero-order chi connectivity index (χ0) is 15.1. The maximum atomic E-state index is 11.8. The molecule has 10 nitrogen and oxygen atoms in total. The molecule has 1 N–H and O–H groups in total. The van der Waals surface area contributed by atoms with Gasteiger partial charge in [-0.05, 0) is 6.92 Å². The monoisotopic (exact) mass is 318 g/mol. The fourth-order valence-corrected chi connectivity index (χ4v) is 2.80. The van der Waals surface area contributed by atoms with E-state index in [-0.39, 0.29) is 5.13 Å². The van der Waals surface area contributed by atoms with Crippen LogP contribution in [0, 0.1) is 6.92 Å². The molecule has 0 spiro atoms. The number of nitrogens with one attached hydrogen (secondary N) is 1. The van der Waals surface area contributed by atoms with Crippen LogP contribution >= 0.6 is 11.5 Å². The Hall–Kier alpha value is -2.08. The smallest absolute Gasteiger partial charge is 0.266 e. The number of nitrogens with zero attached hydrogens (tertiary/aromatic N) is 5. The van der Waals surface area contributed by atoms with E-state index in [1.807, 2.05) is 0 Å². The SMILES string of the molecule is Cc1nsc(NN=C2C(=O)N(C)S(=O)(=O)N(C)C2=O)n1. The van der Waals surface area contributed by atoms with Gasteiger partial charge in [-0.25, -0.2) is 13.6 Å². The quantitative estimate of drug-likeness (QED) is 0.678. The molecule has 1 fully saturated rings. The number of hydrogen-bond donors (Lipinski definition) is 1. The highest BCUT2D eigenvalue weighted by molar-refractivity contribution is 7.88. The molecule has 0 unspecified atom stereocenters. The summed E-state index contributed by atoms with van der Waals surface area (Å²) in [6.07, 6.45) is 0. The third kappa shape index (κ3) is 2.22. The van der Waals surface area contributed by atoms with Crippen LogP contribution in [0.25, 0.3) is 0 Å². The lowest BCUT2D eigenvalue weighted by Crippen LogP contribution is -2.57. The Morgan fingerprint density at radius 1 is 1.20 bits per heavy atom. The Morgan fingerprint density at radius 3 is 2.20 bits per heavy atom. The van der Waals surface area contributed by atoms with Crippen molar-refractivity contribution in [3.63, 3.8) is 0 Å². The molecule has 1 aliphatic heterocycles. The van der Waals surface area contributed by atoms with Crippen LogP contribution < -0.4 is 5.43 Å². The summed E-state index contributed by atoms with van der Waals surface area (Å²) in [5, 5.41) is 3.91. The number of amides is 2. The molecule has 1 aliphatic rings. The zero-order valence-electron chi connectivity index (χ0n) is 10.7. The van der Waals surface area contributed by atoms with Crippen LogP contribution in [0.15, 0.2) is 5.10 Å². The van der Waals surface area contributed by atoms with E-state index < -0.39 is 27.7 Å². The van der Waals surface area contributed by atoms with Crippen molar-refractivity contribution in [1.82, 2.24) is 18.0 Å². The zero-order valence-corrected chi connectivity index (χ0v) is 12.3. The van der Waals surface area contributed by atoms with Crippen molar-refractivity contribution in [2.45, 2.75) is 6.92 Å².